The Kier molecular flexibility index (Phi) is 5.08. The predicted molar refractivity (Wildman–Crippen MR) is 95.2 cm³/mol. The van der Waals surface area contributed by atoms with E-state index in [1.807, 2.05) is 0 Å². The van der Waals surface area contributed by atoms with E-state index >= 15 is 0 Å². The van der Waals surface area contributed by atoms with E-state index in [1.165, 1.54) is 41.2 Å². The van der Waals surface area contributed by atoms with Crippen molar-refractivity contribution in [1.29, 1.82) is 0 Å². The number of aromatic nitrogens is 8. The molecule has 1 unspecified atom stereocenters. The van der Waals surface area contributed by atoms with Gasteiger partial charge in [0.1, 0.15) is 5.82 Å². The lowest BCUT2D eigenvalue weighted by atomic mass is 10.1. The molecule has 2 N–H and O–H groups in total. The van der Waals surface area contributed by atoms with Gasteiger partial charge in [-0.05, 0) is 22.9 Å². The fourth-order valence-corrected chi connectivity index (χ4v) is 2.70. The van der Waals surface area contributed by atoms with E-state index in [4.69, 9.17) is 0 Å². The van der Waals surface area contributed by atoms with E-state index in [9.17, 15) is 17.6 Å². The molecule has 4 aromatic rings. The number of imidazole rings is 1. The molecule has 1 aromatic carbocycles. The van der Waals surface area contributed by atoms with Crippen molar-refractivity contribution >= 4 is 5.95 Å². The third kappa shape index (κ3) is 4.39. The van der Waals surface area contributed by atoms with Crippen LogP contribution in [-0.4, -0.2) is 40.1 Å². The average molecular weight is 419 g/mol. The van der Waals surface area contributed by atoms with Crippen LogP contribution >= 0.6 is 0 Å². The van der Waals surface area contributed by atoms with Gasteiger partial charge in [0.25, 0.3) is 0 Å². The highest BCUT2D eigenvalue weighted by molar-refractivity contribution is 5.51. The van der Waals surface area contributed by atoms with Crippen LogP contribution < -0.4 is 5.32 Å². The number of anilines is 1. The summed E-state index contributed by atoms with van der Waals surface area (Å²) in [5.74, 6) is 0.0997. The summed E-state index contributed by atoms with van der Waals surface area (Å²) in [6, 6.07) is 5.03. The van der Waals surface area contributed by atoms with Crippen molar-refractivity contribution in [2.45, 2.75) is 18.8 Å². The molecular formula is C17H13F4N9. The van der Waals surface area contributed by atoms with Crippen molar-refractivity contribution in [3.8, 4) is 11.4 Å². The molecule has 13 heteroatoms. The lowest BCUT2D eigenvalue weighted by Gasteiger charge is -2.20. The van der Waals surface area contributed by atoms with Crippen molar-refractivity contribution in [3.63, 3.8) is 0 Å². The Balaban J connectivity index is 1.57. The first-order valence-corrected chi connectivity index (χ1v) is 8.55. The molecule has 0 bridgehead atoms. The number of alkyl halides is 3. The van der Waals surface area contributed by atoms with Crippen LogP contribution in [0.5, 0.6) is 0 Å². The van der Waals surface area contributed by atoms with Crippen LogP contribution in [0.2, 0.25) is 0 Å². The first-order valence-electron chi connectivity index (χ1n) is 8.55. The fraction of sp³-hybridized carbons (Fsp3) is 0.176. The number of benzene rings is 1. The lowest BCUT2D eigenvalue weighted by Crippen LogP contribution is -2.18. The van der Waals surface area contributed by atoms with Crippen molar-refractivity contribution in [2.24, 2.45) is 0 Å². The number of H-pyrrole nitrogens is 1. The molecule has 9 nitrogen and oxygen atoms in total. The number of aromatic amines is 1. The molecular weight excluding hydrogens is 406 g/mol. The summed E-state index contributed by atoms with van der Waals surface area (Å²) in [4.78, 5) is 11.8. The SMILES string of the molecule is Fc1ccc(C(Cn2cnc(C(F)(F)F)c2)Nc2ncc(-c3nn[nH]n3)cn2)cc1. The fourth-order valence-electron chi connectivity index (χ4n) is 2.70. The maximum atomic E-state index is 13.3. The Morgan fingerprint density at radius 3 is 2.40 bits per heavy atom. The summed E-state index contributed by atoms with van der Waals surface area (Å²) in [5.41, 5.74) is 0.155. The summed E-state index contributed by atoms with van der Waals surface area (Å²) < 4.78 is 53.1. The molecule has 0 aliphatic heterocycles. The Bertz CT molecular complexity index is 1090. The molecule has 0 radical (unpaired) electrons. The first kappa shape index (κ1) is 19.4. The summed E-state index contributed by atoms with van der Waals surface area (Å²) in [6.45, 7) is 0.0741. The van der Waals surface area contributed by atoms with E-state index < -0.39 is 23.7 Å². The van der Waals surface area contributed by atoms with Crippen LogP contribution in [0.1, 0.15) is 17.3 Å². The molecule has 1 atom stereocenters. The third-order valence-electron chi connectivity index (χ3n) is 4.15. The van der Waals surface area contributed by atoms with Gasteiger partial charge < -0.3 is 9.88 Å². The quantitative estimate of drug-likeness (QED) is 0.463. The standard InChI is InChI=1S/C17H13F4N9/c18-12-3-1-10(2-4-12)13(7-30-8-14(24-9-30)17(19,20)21)25-16-22-5-11(6-23-16)15-26-28-29-27-15/h1-6,8-9,13H,7H2,(H,22,23,25)(H,26,27,28,29). The van der Waals surface area contributed by atoms with E-state index in [2.05, 4.69) is 40.9 Å². The van der Waals surface area contributed by atoms with Crippen LogP contribution in [0.3, 0.4) is 0 Å². The highest BCUT2D eigenvalue weighted by atomic mass is 19.4. The average Bonchev–Trinajstić information content (AvgIpc) is 3.41. The number of hydrogen-bond acceptors (Lipinski definition) is 7. The van der Waals surface area contributed by atoms with Gasteiger partial charge in [0.05, 0.1) is 17.9 Å². The van der Waals surface area contributed by atoms with Crippen LogP contribution in [0.4, 0.5) is 23.5 Å². The van der Waals surface area contributed by atoms with Crippen molar-refractivity contribution in [1.82, 2.24) is 40.1 Å². The van der Waals surface area contributed by atoms with Gasteiger partial charge in [0.2, 0.25) is 11.8 Å². The zero-order valence-electron chi connectivity index (χ0n) is 15.0. The number of hydrogen-bond donors (Lipinski definition) is 2. The largest absolute Gasteiger partial charge is 0.434 e. The predicted octanol–water partition coefficient (Wildman–Crippen LogP) is 2.86. The van der Waals surface area contributed by atoms with Crippen LogP contribution in [0.15, 0.2) is 49.2 Å². The Labute approximate surface area is 166 Å². The molecule has 4 rings (SSSR count). The second-order valence-corrected chi connectivity index (χ2v) is 6.23. The maximum absolute atomic E-state index is 13.3. The minimum absolute atomic E-state index is 0.0741. The second kappa shape index (κ2) is 7.85. The van der Waals surface area contributed by atoms with E-state index in [-0.39, 0.29) is 12.5 Å². The van der Waals surface area contributed by atoms with Gasteiger partial charge in [-0.25, -0.2) is 19.3 Å². The summed E-state index contributed by atoms with van der Waals surface area (Å²) in [5, 5.41) is 16.5. The minimum atomic E-state index is -4.54. The van der Waals surface area contributed by atoms with Crippen molar-refractivity contribution in [2.75, 3.05) is 5.32 Å². The maximum Gasteiger partial charge on any atom is 0.434 e. The summed E-state index contributed by atoms with van der Waals surface area (Å²) in [7, 11) is 0. The molecule has 3 heterocycles. The van der Waals surface area contributed by atoms with Gasteiger partial charge in [-0.15, -0.1) is 10.2 Å². The van der Waals surface area contributed by atoms with Gasteiger partial charge >= 0.3 is 6.18 Å². The van der Waals surface area contributed by atoms with Crippen LogP contribution in [-0.2, 0) is 12.7 Å². The Hall–Kier alpha value is -3.90. The monoisotopic (exact) mass is 419 g/mol. The molecule has 154 valence electrons. The highest BCUT2D eigenvalue weighted by Gasteiger charge is 2.33. The molecule has 0 saturated heterocycles. The zero-order valence-corrected chi connectivity index (χ0v) is 15.0. The molecule has 0 aliphatic rings. The zero-order chi connectivity index (χ0) is 21.1. The van der Waals surface area contributed by atoms with Gasteiger partial charge in [-0.3, -0.25) is 0 Å². The van der Waals surface area contributed by atoms with Gasteiger partial charge in [-0.1, -0.05) is 12.1 Å². The second-order valence-electron chi connectivity index (χ2n) is 6.23. The van der Waals surface area contributed by atoms with Crippen LogP contribution in [0, 0.1) is 5.82 Å². The normalized spacial score (nSPS) is 12.7. The Morgan fingerprint density at radius 1 is 1.07 bits per heavy atom. The lowest BCUT2D eigenvalue weighted by molar-refractivity contribution is -0.140. The van der Waals surface area contributed by atoms with Crippen LogP contribution in [0.25, 0.3) is 11.4 Å². The molecule has 0 spiro atoms. The molecule has 3 aromatic heterocycles. The number of tetrazole rings is 1. The minimum Gasteiger partial charge on any atom is -0.346 e. The first-order chi connectivity index (χ1) is 14.4. The van der Waals surface area contributed by atoms with Gasteiger partial charge in [0, 0.05) is 25.1 Å². The summed E-state index contributed by atoms with van der Waals surface area (Å²) in [6.07, 6.45) is 0.388. The van der Waals surface area contributed by atoms with Gasteiger partial charge in [0.15, 0.2) is 5.69 Å². The summed E-state index contributed by atoms with van der Waals surface area (Å²) >= 11 is 0. The number of rotatable bonds is 6. The molecule has 0 saturated carbocycles. The number of nitrogens with one attached hydrogen (secondary N) is 2. The molecule has 0 amide bonds. The topological polar surface area (TPSA) is 110 Å². The van der Waals surface area contributed by atoms with E-state index in [0.717, 1.165) is 12.5 Å². The smallest absolute Gasteiger partial charge is 0.346 e. The van der Waals surface area contributed by atoms with E-state index in [0.29, 0.717) is 17.0 Å². The number of nitrogens with zero attached hydrogens (tertiary/aromatic N) is 7. The van der Waals surface area contributed by atoms with Crippen molar-refractivity contribution in [3.05, 3.63) is 66.3 Å². The molecule has 0 fully saturated rings. The molecule has 30 heavy (non-hydrogen) atoms. The highest BCUT2D eigenvalue weighted by Crippen LogP contribution is 2.28. The number of halogens is 4. The molecule has 0 aliphatic carbocycles. The van der Waals surface area contributed by atoms with Gasteiger partial charge in [-0.2, -0.15) is 18.4 Å². The Morgan fingerprint density at radius 2 is 1.80 bits per heavy atom. The van der Waals surface area contributed by atoms with E-state index in [1.54, 1.807) is 0 Å². The third-order valence-corrected chi connectivity index (χ3v) is 4.15. The van der Waals surface area contributed by atoms with Crippen molar-refractivity contribution < 1.29 is 17.6 Å².